The lowest BCUT2D eigenvalue weighted by molar-refractivity contribution is 0.949. The van der Waals surface area contributed by atoms with E-state index in [0.29, 0.717) is 5.56 Å². The molecule has 0 unspecified atom stereocenters. The molecule has 4 aromatic rings. The molecule has 0 fully saturated rings. The Labute approximate surface area is 133 Å². The predicted octanol–water partition coefficient (Wildman–Crippen LogP) is 3.93. The van der Waals surface area contributed by atoms with E-state index in [1.807, 2.05) is 71.2 Å². The lowest BCUT2D eigenvalue weighted by Crippen LogP contribution is -1.98. The van der Waals surface area contributed by atoms with Crippen LogP contribution in [0.1, 0.15) is 5.56 Å². The standard InChI is InChI=1S/C19H12N4/c20-13-14-6-8-16(9-7-14)18-12-17(15-4-2-1-3-5-15)22-19-10-11-21-23(18)19/h1-12H. The Morgan fingerprint density at radius 2 is 1.65 bits per heavy atom. The summed E-state index contributed by atoms with van der Waals surface area (Å²) in [7, 11) is 0. The fourth-order valence-corrected chi connectivity index (χ4v) is 2.59. The monoisotopic (exact) mass is 296 g/mol. The number of hydrogen-bond acceptors (Lipinski definition) is 3. The van der Waals surface area contributed by atoms with Crippen molar-refractivity contribution >= 4 is 5.65 Å². The maximum Gasteiger partial charge on any atom is 0.156 e. The summed E-state index contributed by atoms with van der Waals surface area (Å²) in [5.41, 5.74) is 5.35. The molecule has 0 saturated heterocycles. The second kappa shape index (κ2) is 5.39. The number of fused-ring (bicyclic) bond motifs is 1. The zero-order chi connectivity index (χ0) is 15.6. The number of nitriles is 1. The molecule has 0 bridgehead atoms. The van der Waals surface area contributed by atoms with Crippen LogP contribution in [0.2, 0.25) is 0 Å². The topological polar surface area (TPSA) is 54.0 Å². The van der Waals surface area contributed by atoms with Crippen molar-refractivity contribution in [3.63, 3.8) is 0 Å². The smallest absolute Gasteiger partial charge is 0.156 e. The molecule has 0 spiro atoms. The lowest BCUT2D eigenvalue weighted by Gasteiger charge is -2.08. The summed E-state index contributed by atoms with van der Waals surface area (Å²) in [6.07, 6.45) is 1.74. The third kappa shape index (κ3) is 2.34. The summed E-state index contributed by atoms with van der Waals surface area (Å²) in [5.74, 6) is 0. The number of rotatable bonds is 2. The molecule has 0 aliphatic heterocycles. The number of nitrogens with zero attached hydrogens (tertiary/aromatic N) is 4. The second-order valence-electron chi connectivity index (χ2n) is 5.18. The van der Waals surface area contributed by atoms with Gasteiger partial charge in [-0.05, 0) is 18.2 Å². The zero-order valence-electron chi connectivity index (χ0n) is 12.2. The van der Waals surface area contributed by atoms with E-state index in [-0.39, 0.29) is 0 Å². The van der Waals surface area contributed by atoms with Gasteiger partial charge in [-0.1, -0.05) is 42.5 Å². The first-order valence-electron chi connectivity index (χ1n) is 7.26. The first-order chi connectivity index (χ1) is 11.3. The van der Waals surface area contributed by atoms with Crippen LogP contribution in [0.25, 0.3) is 28.2 Å². The Bertz CT molecular complexity index is 1010. The fourth-order valence-electron chi connectivity index (χ4n) is 2.59. The predicted molar refractivity (Wildman–Crippen MR) is 88.6 cm³/mol. The van der Waals surface area contributed by atoms with E-state index in [2.05, 4.69) is 16.2 Å². The Morgan fingerprint density at radius 1 is 0.870 bits per heavy atom. The maximum absolute atomic E-state index is 8.95. The molecule has 0 atom stereocenters. The third-order valence-electron chi connectivity index (χ3n) is 3.74. The van der Waals surface area contributed by atoms with E-state index < -0.39 is 0 Å². The minimum Gasteiger partial charge on any atom is -0.228 e. The molecule has 0 aliphatic carbocycles. The molecule has 0 amide bonds. The first kappa shape index (κ1) is 13.2. The van der Waals surface area contributed by atoms with Crippen molar-refractivity contribution in [1.29, 1.82) is 5.26 Å². The van der Waals surface area contributed by atoms with Crippen LogP contribution in [0.4, 0.5) is 0 Å². The summed E-state index contributed by atoms with van der Waals surface area (Å²) in [6, 6.07) is 23.6. The molecule has 4 heteroatoms. The van der Waals surface area contributed by atoms with Gasteiger partial charge in [0.25, 0.3) is 0 Å². The van der Waals surface area contributed by atoms with Crippen molar-refractivity contribution in [3.8, 4) is 28.6 Å². The van der Waals surface area contributed by atoms with Crippen LogP contribution in [0.5, 0.6) is 0 Å². The van der Waals surface area contributed by atoms with Gasteiger partial charge < -0.3 is 0 Å². The van der Waals surface area contributed by atoms with Gasteiger partial charge in [-0.25, -0.2) is 9.50 Å². The molecule has 0 aliphatic rings. The lowest BCUT2D eigenvalue weighted by atomic mass is 10.1. The van der Waals surface area contributed by atoms with Gasteiger partial charge in [0.15, 0.2) is 5.65 Å². The molecule has 4 nitrogen and oxygen atoms in total. The normalized spacial score (nSPS) is 10.6. The summed E-state index contributed by atoms with van der Waals surface area (Å²) in [5, 5.41) is 13.3. The zero-order valence-corrected chi connectivity index (χ0v) is 12.2. The van der Waals surface area contributed by atoms with Crippen LogP contribution in [0.15, 0.2) is 72.9 Å². The van der Waals surface area contributed by atoms with Crippen LogP contribution in [0, 0.1) is 11.3 Å². The Hall–Kier alpha value is -3.45. The average Bonchev–Trinajstić information content (AvgIpc) is 3.10. The quantitative estimate of drug-likeness (QED) is 0.563. The van der Waals surface area contributed by atoms with Gasteiger partial charge in [0.05, 0.1) is 29.2 Å². The first-order valence-corrected chi connectivity index (χ1v) is 7.26. The molecular weight excluding hydrogens is 284 g/mol. The van der Waals surface area contributed by atoms with Gasteiger partial charge in [0.2, 0.25) is 0 Å². The van der Waals surface area contributed by atoms with Gasteiger partial charge >= 0.3 is 0 Å². The summed E-state index contributed by atoms with van der Waals surface area (Å²) < 4.78 is 1.81. The third-order valence-corrected chi connectivity index (χ3v) is 3.74. The van der Waals surface area contributed by atoms with Gasteiger partial charge in [0.1, 0.15) is 0 Å². The van der Waals surface area contributed by atoms with Gasteiger partial charge in [0, 0.05) is 17.2 Å². The highest BCUT2D eigenvalue weighted by Gasteiger charge is 2.10. The van der Waals surface area contributed by atoms with Crippen LogP contribution >= 0.6 is 0 Å². The Morgan fingerprint density at radius 3 is 2.39 bits per heavy atom. The van der Waals surface area contributed by atoms with Gasteiger partial charge in [-0.3, -0.25) is 0 Å². The van der Waals surface area contributed by atoms with Crippen molar-refractivity contribution in [3.05, 3.63) is 78.5 Å². The van der Waals surface area contributed by atoms with Crippen molar-refractivity contribution in [2.75, 3.05) is 0 Å². The van der Waals surface area contributed by atoms with E-state index in [0.717, 1.165) is 28.2 Å². The summed E-state index contributed by atoms with van der Waals surface area (Å²) >= 11 is 0. The van der Waals surface area contributed by atoms with E-state index >= 15 is 0 Å². The number of aromatic nitrogens is 3. The van der Waals surface area contributed by atoms with Crippen molar-refractivity contribution in [2.45, 2.75) is 0 Å². The van der Waals surface area contributed by atoms with Crippen molar-refractivity contribution in [2.24, 2.45) is 0 Å². The molecule has 2 aromatic heterocycles. The highest BCUT2D eigenvalue weighted by molar-refractivity contribution is 5.71. The van der Waals surface area contributed by atoms with Crippen LogP contribution in [0.3, 0.4) is 0 Å². The van der Waals surface area contributed by atoms with Crippen molar-refractivity contribution < 1.29 is 0 Å². The van der Waals surface area contributed by atoms with E-state index in [9.17, 15) is 0 Å². The molecule has 2 heterocycles. The highest BCUT2D eigenvalue weighted by Crippen LogP contribution is 2.26. The molecule has 108 valence electrons. The van der Waals surface area contributed by atoms with Gasteiger partial charge in [-0.2, -0.15) is 10.4 Å². The van der Waals surface area contributed by atoms with E-state index in [1.165, 1.54) is 0 Å². The molecule has 2 aromatic carbocycles. The van der Waals surface area contributed by atoms with Crippen LogP contribution < -0.4 is 0 Å². The average molecular weight is 296 g/mol. The minimum atomic E-state index is 0.641. The van der Waals surface area contributed by atoms with E-state index in [1.54, 1.807) is 6.20 Å². The summed E-state index contributed by atoms with van der Waals surface area (Å²) in [4.78, 5) is 4.67. The van der Waals surface area contributed by atoms with Crippen LogP contribution in [-0.2, 0) is 0 Å². The second-order valence-corrected chi connectivity index (χ2v) is 5.18. The molecular formula is C19H12N4. The Balaban J connectivity index is 1.94. The number of hydrogen-bond donors (Lipinski definition) is 0. The molecule has 4 rings (SSSR count). The van der Waals surface area contributed by atoms with Gasteiger partial charge in [-0.15, -0.1) is 0 Å². The largest absolute Gasteiger partial charge is 0.228 e. The Kier molecular flexibility index (Phi) is 3.10. The molecule has 0 N–H and O–H groups in total. The number of benzene rings is 2. The SMILES string of the molecule is N#Cc1ccc(-c2cc(-c3ccccc3)nc3ccnn23)cc1. The minimum absolute atomic E-state index is 0.641. The van der Waals surface area contributed by atoms with Crippen molar-refractivity contribution in [1.82, 2.24) is 14.6 Å². The summed E-state index contributed by atoms with van der Waals surface area (Å²) in [6.45, 7) is 0. The molecule has 23 heavy (non-hydrogen) atoms. The molecule has 0 radical (unpaired) electrons. The fraction of sp³-hybridized carbons (Fsp3) is 0. The molecule has 0 saturated carbocycles. The van der Waals surface area contributed by atoms with Crippen LogP contribution in [-0.4, -0.2) is 14.6 Å². The van der Waals surface area contributed by atoms with E-state index in [4.69, 9.17) is 5.26 Å². The maximum atomic E-state index is 8.95. The highest BCUT2D eigenvalue weighted by atomic mass is 15.2.